The van der Waals surface area contributed by atoms with Crippen molar-refractivity contribution in [2.24, 2.45) is 0 Å². The molecule has 1 fully saturated rings. The zero-order chi connectivity index (χ0) is 20.8. The number of carbonyl (C=O) groups excluding carboxylic acids is 2. The molecule has 29 heavy (non-hydrogen) atoms. The number of anilines is 1. The molecule has 7 heteroatoms. The van der Waals surface area contributed by atoms with Crippen LogP contribution in [0.3, 0.4) is 0 Å². The van der Waals surface area contributed by atoms with Gasteiger partial charge in [-0.15, -0.1) is 0 Å². The van der Waals surface area contributed by atoms with E-state index in [9.17, 15) is 9.59 Å². The van der Waals surface area contributed by atoms with Crippen LogP contribution >= 0.6 is 35.6 Å². The minimum absolute atomic E-state index is 0.0667. The van der Waals surface area contributed by atoms with E-state index >= 15 is 0 Å². The second-order valence-corrected chi connectivity index (χ2v) is 8.60. The number of para-hydroxylation sites is 1. The molecule has 0 spiro atoms. The Balaban J connectivity index is 1.55. The van der Waals surface area contributed by atoms with Crippen molar-refractivity contribution in [3.63, 3.8) is 0 Å². The Kier molecular flexibility index (Phi) is 7.47. The lowest BCUT2D eigenvalue weighted by Crippen LogP contribution is -2.29. The summed E-state index contributed by atoms with van der Waals surface area (Å²) in [5.74, 6) is -0.209. The highest BCUT2D eigenvalue weighted by Gasteiger charge is 2.31. The normalized spacial score (nSPS) is 15.2. The lowest BCUT2D eigenvalue weighted by Gasteiger charge is -2.14. The van der Waals surface area contributed by atoms with Crippen LogP contribution in [0.2, 0.25) is 5.02 Å². The molecular weight excluding hydrogens is 424 g/mol. The largest absolute Gasteiger partial charge is 0.326 e. The van der Waals surface area contributed by atoms with Gasteiger partial charge in [-0.3, -0.25) is 14.5 Å². The van der Waals surface area contributed by atoms with E-state index in [1.165, 1.54) is 11.8 Å². The van der Waals surface area contributed by atoms with Crippen molar-refractivity contribution in [1.29, 1.82) is 0 Å². The molecule has 1 aliphatic heterocycles. The first kappa shape index (κ1) is 21.6. The van der Waals surface area contributed by atoms with Gasteiger partial charge in [0.25, 0.3) is 5.91 Å². The molecule has 2 aromatic carbocycles. The quantitative estimate of drug-likeness (QED) is 0.451. The summed E-state index contributed by atoms with van der Waals surface area (Å²) in [5.41, 5.74) is 2.72. The van der Waals surface area contributed by atoms with Crippen LogP contribution in [0.4, 0.5) is 5.69 Å². The van der Waals surface area contributed by atoms with Crippen molar-refractivity contribution >= 4 is 63.5 Å². The highest BCUT2D eigenvalue weighted by molar-refractivity contribution is 8.26. The van der Waals surface area contributed by atoms with E-state index in [1.54, 1.807) is 17.0 Å². The van der Waals surface area contributed by atoms with Gasteiger partial charge in [-0.1, -0.05) is 78.9 Å². The van der Waals surface area contributed by atoms with Crippen molar-refractivity contribution in [3.8, 4) is 0 Å². The van der Waals surface area contributed by atoms with Gasteiger partial charge in [0.05, 0.1) is 4.91 Å². The molecule has 1 saturated heterocycles. The Labute approximate surface area is 185 Å². The van der Waals surface area contributed by atoms with Gasteiger partial charge in [0, 0.05) is 23.7 Å². The number of halogens is 1. The Hall–Kier alpha value is -2.15. The molecule has 0 atom stereocenters. The summed E-state index contributed by atoms with van der Waals surface area (Å²) in [6.45, 7) is 2.46. The molecular formula is C22H21ClN2O2S2. The molecule has 2 amide bonds. The Bertz CT molecular complexity index is 975. The third kappa shape index (κ3) is 5.47. The summed E-state index contributed by atoms with van der Waals surface area (Å²) < 4.78 is 0.505. The molecule has 1 N–H and O–H groups in total. The first-order valence-corrected chi connectivity index (χ1v) is 11.0. The fourth-order valence-electron chi connectivity index (χ4n) is 2.99. The average Bonchev–Trinajstić information content (AvgIpc) is 2.97. The Morgan fingerprint density at radius 3 is 2.69 bits per heavy atom. The second-order valence-electron chi connectivity index (χ2n) is 6.52. The Morgan fingerprint density at radius 2 is 1.93 bits per heavy atom. The fraction of sp³-hybridized carbons (Fsp3) is 0.227. The zero-order valence-corrected chi connectivity index (χ0v) is 18.4. The number of thiocarbonyl (C=S) groups is 1. The minimum atomic E-state index is -0.142. The van der Waals surface area contributed by atoms with Gasteiger partial charge in [-0.25, -0.2) is 0 Å². The van der Waals surface area contributed by atoms with Crippen molar-refractivity contribution in [2.45, 2.75) is 26.2 Å². The van der Waals surface area contributed by atoms with Gasteiger partial charge in [-0.05, 0) is 42.2 Å². The van der Waals surface area contributed by atoms with Gasteiger partial charge >= 0.3 is 0 Å². The number of hydrogen-bond donors (Lipinski definition) is 1. The number of carbonyl (C=O) groups is 2. The summed E-state index contributed by atoms with van der Waals surface area (Å²) in [7, 11) is 0. The van der Waals surface area contributed by atoms with Crippen LogP contribution in [0.15, 0.2) is 53.4 Å². The number of aryl methyl sites for hydroxylation is 1. The predicted octanol–water partition coefficient (Wildman–Crippen LogP) is 5.52. The highest BCUT2D eigenvalue weighted by Crippen LogP contribution is 2.33. The topological polar surface area (TPSA) is 49.4 Å². The SMILES string of the molecule is CCc1ccccc1NC(=O)CCCN1C(=O)/C(=C/c2ccccc2Cl)SC1=S. The molecule has 1 aliphatic rings. The molecule has 150 valence electrons. The molecule has 0 radical (unpaired) electrons. The van der Waals surface area contributed by atoms with Gasteiger partial charge in [0.15, 0.2) is 0 Å². The van der Waals surface area contributed by atoms with E-state index in [-0.39, 0.29) is 11.8 Å². The molecule has 4 nitrogen and oxygen atoms in total. The maximum Gasteiger partial charge on any atom is 0.266 e. The van der Waals surface area contributed by atoms with Gasteiger partial charge < -0.3 is 5.32 Å². The summed E-state index contributed by atoms with van der Waals surface area (Å²) in [6.07, 6.45) is 3.46. The monoisotopic (exact) mass is 444 g/mol. The van der Waals surface area contributed by atoms with Gasteiger partial charge in [0.2, 0.25) is 5.91 Å². The molecule has 0 bridgehead atoms. The van der Waals surface area contributed by atoms with Gasteiger partial charge in [0.1, 0.15) is 4.32 Å². The van der Waals surface area contributed by atoms with Crippen molar-refractivity contribution in [2.75, 3.05) is 11.9 Å². The third-order valence-electron chi connectivity index (χ3n) is 4.52. The third-order valence-corrected chi connectivity index (χ3v) is 6.25. The predicted molar refractivity (Wildman–Crippen MR) is 125 cm³/mol. The molecule has 1 heterocycles. The maximum atomic E-state index is 12.7. The second kappa shape index (κ2) is 10.1. The molecule has 0 aliphatic carbocycles. The number of amides is 2. The van der Waals surface area contributed by atoms with E-state index in [0.29, 0.717) is 33.6 Å². The van der Waals surface area contributed by atoms with Crippen LogP contribution in [0, 0.1) is 0 Å². The Morgan fingerprint density at radius 1 is 1.21 bits per heavy atom. The van der Waals surface area contributed by atoms with E-state index < -0.39 is 0 Å². The van der Waals surface area contributed by atoms with Crippen LogP contribution < -0.4 is 5.32 Å². The number of nitrogens with zero attached hydrogens (tertiary/aromatic N) is 1. The van der Waals surface area contributed by atoms with Crippen molar-refractivity contribution in [1.82, 2.24) is 4.90 Å². The number of benzene rings is 2. The van der Waals surface area contributed by atoms with Crippen molar-refractivity contribution in [3.05, 3.63) is 69.6 Å². The number of nitrogens with one attached hydrogen (secondary N) is 1. The maximum absolute atomic E-state index is 12.7. The van der Waals surface area contributed by atoms with E-state index in [0.717, 1.165) is 23.2 Å². The highest BCUT2D eigenvalue weighted by atomic mass is 35.5. The van der Waals surface area contributed by atoms with Crippen LogP contribution in [-0.2, 0) is 16.0 Å². The minimum Gasteiger partial charge on any atom is -0.326 e. The fourth-order valence-corrected chi connectivity index (χ4v) is 4.48. The first-order chi connectivity index (χ1) is 14.0. The number of thioether (sulfide) groups is 1. The van der Waals surface area contributed by atoms with Gasteiger partial charge in [-0.2, -0.15) is 0 Å². The summed E-state index contributed by atoms with van der Waals surface area (Å²) in [6, 6.07) is 15.1. The van der Waals surface area contributed by atoms with Crippen LogP contribution in [-0.4, -0.2) is 27.6 Å². The van der Waals surface area contributed by atoms with Crippen LogP contribution in [0.1, 0.15) is 30.9 Å². The zero-order valence-electron chi connectivity index (χ0n) is 16.0. The molecule has 0 aromatic heterocycles. The van der Waals surface area contributed by atoms with E-state index in [4.69, 9.17) is 23.8 Å². The first-order valence-electron chi connectivity index (χ1n) is 9.37. The number of rotatable bonds is 7. The molecule has 0 unspecified atom stereocenters. The number of hydrogen-bond acceptors (Lipinski definition) is 4. The molecule has 3 rings (SSSR count). The van der Waals surface area contributed by atoms with Crippen LogP contribution in [0.5, 0.6) is 0 Å². The average molecular weight is 445 g/mol. The molecule has 0 saturated carbocycles. The summed E-state index contributed by atoms with van der Waals surface area (Å²) >= 11 is 12.8. The summed E-state index contributed by atoms with van der Waals surface area (Å²) in [4.78, 5) is 27.1. The van der Waals surface area contributed by atoms with Crippen molar-refractivity contribution < 1.29 is 9.59 Å². The van der Waals surface area contributed by atoms with Crippen LogP contribution in [0.25, 0.3) is 6.08 Å². The smallest absolute Gasteiger partial charge is 0.266 e. The lowest BCUT2D eigenvalue weighted by atomic mass is 10.1. The lowest BCUT2D eigenvalue weighted by molar-refractivity contribution is -0.122. The summed E-state index contributed by atoms with van der Waals surface area (Å²) in [5, 5.41) is 3.54. The van der Waals surface area contributed by atoms with E-state index in [2.05, 4.69) is 12.2 Å². The standard InChI is InChI=1S/C22H21ClN2O2S2/c1-2-15-8-4-6-11-18(15)24-20(26)12-7-13-25-21(27)19(29-22(25)28)14-16-9-3-5-10-17(16)23/h3-6,8-11,14H,2,7,12-13H2,1H3,(H,24,26)/b19-14-. The molecule has 2 aromatic rings. The van der Waals surface area contributed by atoms with E-state index in [1.807, 2.05) is 42.5 Å².